The molecule has 0 unspecified atom stereocenters. The SMILES string of the molecule is Cn1c(-c2ccc(S(C)(=O)=O)cc2)nc2ccc(C3CCN(C4=CC=CN(C5CCC5)C=C4)CC3)c(F)c21. The fourth-order valence-electron chi connectivity index (χ4n) is 5.80. The molecule has 3 aliphatic rings. The van der Waals surface area contributed by atoms with Crippen LogP contribution < -0.4 is 0 Å². The van der Waals surface area contributed by atoms with Crippen molar-refractivity contribution in [3.63, 3.8) is 0 Å². The average Bonchev–Trinajstić information content (AvgIpc) is 3.04. The van der Waals surface area contributed by atoms with Gasteiger partial charge < -0.3 is 14.4 Å². The minimum atomic E-state index is -3.28. The van der Waals surface area contributed by atoms with Crippen LogP contribution in [0.4, 0.5) is 4.39 Å². The van der Waals surface area contributed by atoms with E-state index in [2.05, 4.69) is 45.4 Å². The van der Waals surface area contributed by atoms with Crippen molar-refractivity contribution < 1.29 is 12.8 Å². The Balaban J connectivity index is 1.19. The molecule has 8 heteroatoms. The average molecular weight is 533 g/mol. The van der Waals surface area contributed by atoms with Crippen molar-refractivity contribution in [1.29, 1.82) is 0 Å². The van der Waals surface area contributed by atoms with Crippen LogP contribution >= 0.6 is 0 Å². The van der Waals surface area contributed by atoms with E-state index in [1.807, 2.05) is 19.2 Å². The number of benzene rings is 2. The van der Waals surface area contributed by atoms with E-state index in [0.29, 0.717) is 22.9 Å². The molecule has 1 saturated heterocycles. The topological polar surface area (TPSA) is 58.4 Å². The first-order valence-corrected chi connectivity index (χ1v) is 15.2. The molecule has 3 heterocycles. The zero-order chi connectivity index (χ0) is 26.4. The number of piperidine rings is 1. The van der Waals surface area contributed by atoms with Gasteiger partial charge in [0.05, 0.1) is 10.4 Å². The van der Waals surface area contributed by atoms with Gasteiger partial charge in [-0.05, 0) is 92.1 Å². The summed E-state index contributed by atoms with van der Waals surface area (Å²) in [5, 5.41) is 0. The summed E-state index contributed by atoms with van der Waals surface area (Å²) in [4.78, 5) is 9.65. The number of halogens is 1. The van der Waals surface area contributed by atoms with Crippen LogP contribution in [0.1, 0.15) is 43.6 Å². The molecule has 6 rings (SSSR count). The molecule has 0 radical (unpaired) electrons. The van der Waals surface area contributed by atoms with Crippen molar-refractivity contribution in [2.75, 3.05) is 19.3 Å². The maximum atomic E-state index is 15.9. The number of aromatic nitrogens is 2. The normalized spacial score (nSPS) is 19.1. The van der Waals surface area contributed by atoms with Crippen LogP contribution in [0, 0.1) is 5.82 Å². The third kappa shape index (κ3) is 4.55. The standard InChI is InChI=1S/C30H33FN4O2S/c1-33-29-27(32-30(33)22-8-10-25(11-9-22)38(2,36)37)13-12-26(28(29)31)21-14-18-35(19-15-21)24-7-4-17-34(20-16-24)23-5-3-6-23/h4,7-13,16-17,20-21,23H,3,5-6,14-15,18-19H2,1-2H3. The number of hydrogen-bond donors (Lipinski definition) is 0. The predicted molar refractivity (Wildman–Crippen MR) is 149 cm³/mol. The zero-order valence-electron chi connectivity index (χ0n) is 21.8. The molecule has 6 nitrogen and oxygen atoms in total. The van der Waals surface area contributed by atoms with Crippen molar-refractivity contribution in [3.8, 4) is 11.4 Å². The van der Waals surface area contributed by atoms with Crippen molar-refractivity contribution in [2.45, 2.75) is 49.0 Å². The van der Waals surface area contributed by atoms with Gasteiger partial charge in [-0.15, -0.1) is 0 Å². The van der Waals surface area contributed by atoms with Crippen LogP contribution in [0.15, 0.2) is 77.6 Å². The van der Waals surface area contributed by atoms with Gasteiger partial charge in [0, 0.05) is 56.1 Å². The number of rotatable bonds is 5. The van der Waals surface area contributed by atoms with E-state index in [1.165, 1.54) is 31.2 Å². The highest BCUT2D eigenvalue weighted by atomic mass is 32.2. The van der Waals surface area contributed by atoms with Gasteiger partial charge in [-0.1, -0.05) is 6.07 Å². The van der Waals surface area contributed by atoms with Gasteiger partial charge in [-0.2, -0.15) is 0 Å². The van der Waals surface area contributed by atoms with Crippen LogP contribution in [-0.4, -0.2) is 53.2 Å². The van der Waals surface area contributed by atoms with Gasteiger partial charge >= 0.3 is 0 Å². The predicted octanol–water partition coefficient (Wildman–Crippen LogP) is 5.74. The summed E-state index contributed by atoms with van der Waals surface area (Å²) < 4.78 is 41.3. The summed E-state index contributed by atoms with van der Waals surface area (Å²) in [7, 11) is -1.47. The third-order valence-electron chi connectivity index (χ3n) is 8.28. The monoisotopic (exact) mass is 532 g/mol. The Labute approximate surface area is 223 Å². The van der Waals surface area contributed by atoms with Gasteiger partial charge in [0.15, 0.2) is 15.7 Å². The van der Waals surface area contributed by atoms with Gasteiger partial charge in [-0.25, -0.2) is 17.8 Å². The number of fused-ring (bicyclic) bond motifs is 1. The Kier molecular flexibility index (Phi) is 6.38. The molecule has 2 aromatic carbocycles. The number of aryl methyl sites for hydroxylation is 1. The molecule has 0 spiro atoms. The molecule has 1 aromatic heterocycles. The van der Waals surface area contributed by atoms with Crippen LogP contribution in [0.5, 0.6) is 0 Å². The molecule has 2 fully saturated rings. The molecule has 3 aromatic rings. The Bertz CT molecular complexity index is 1560. The highest BCUT2D eigenvalue weighted by Crippen LogP contribution is 2.36. The third-order valence-corrected chi connectivity index (χ3v) is 9.41. The first-order valence-electron chi connectivity index (χ1n) is 13.3. The van der Waals surface area contributed by atoms with E-state index < -0.39 is 9.84 Å². The summed E-state index contributed by atoms with van der Waals surface area (Å²) in [6.45, 7) is 1.78. The minimum Gasteiger partial charge on any atom is -0.371 e. The van der Waals surface area contributed by atoms with Crippen molar-refractivity contribution in [1.82, 2.24) is 19.4 Å². The quantitative estimate of drug-likeness (QED) is 0.419. The van der Waals surface area contributed by atoms with Gasteiger partial charge in [-0.3, -0.25) is 0 Å². The number of likely N-dealkylation sites (tertiary alicyclic amines) is 1. The smallest absolute Gasteiger partial charge is 0.175 e. The molecule has 0 bridgehead atoms. The fourth-order valence-corrected chi connectivity index (χ4v) is 6.43. The lowest BCUT2D eigenvalue weighted by atomic mass is 9.88. The zero-order valence-corrected chi connectivity index (χ0v) is 22.7. The van der Waals surface area contributed by atoms with Crippen LogP contribution in [0.3, 0.4) is 0 Å². The number of imidazole rings is 1. The minimum absolute atomic E-state index is 0.153. The van der Waals surface area contributed by atoms with Gasteiger partial charge in [0.25, 0.3) is 0 Å². The number of hydrogen-bond acceptors (Lipinski definition) is 5. The number of nitrogens with zero attached hydrogens (tertiary/aromatic N) is 4. The Morgan fingerprint density at radius 3 is 2.37 bits per heavy atom. The molecule has 0 amide bonds. The lowest BCUT2D eigenvalue weighted by molar-refractivity contribution is 0.238. The Hall–Kier alpha value is -3.39. The van der Waals surface area contributed by atoms with Crippen molar-refractivity contribution in [3.05, 3.63) is 84.1 Å². The maximum absolute atomic E-state index is 15.9. The lowest BCUT2D eigenvalue weighted by Crippen LogP contribution is -2.33. The first-order chi connectivity index (χ1) is 18.3. The molecule has 38 heavy (non-hydrogen) atoms. The second-order valence-corrected chi connectivity index (χ2v) is 12.7. The van der Waals surface area contributed by atoms with E-state index in [1.54, 1.807) is 28.8 Å². The second-order valence-electron chi connectivity index (χ2n) is 10.7. The molecule has 1 saturated carbocycles. The largest absolute Gasteiger partial charge is 0.371 e. The number of sulfone groups is 1. The lowest BCUT2D eigenvalue weighted by Gasteiger charge is -2.35. The van der Waals surface area contributed by atoms with E-state index in [0.717, 1.165) is 37.1 Å². The van der Waals surface area contributed by atoms with Gasteiger partial charge in [0.1, 0.15) is 11.3 Å². The second kappa shape index (κ2) is 9.73. The Morgan fingerprint density at radius 1 is 0.974 bits per heavy atom. The first kappa shape index (κ1) is 24.9. The van der Waals surface area contributed by atoms with Gasteiger partial charge in [0.2, 0.25) is 0 Å². The van der Waals surface area contributed by atoms with E-state index >= 15 is 4.39 Å². The van der Waals surface area contributed by atoms with Crippen molar-refractivity contribution >= 4 is 20.9 Å². The Morgan fingerprint density at radius 2 is 1.71 bits per heavy atom. The fraction of sp³-hybridized carbons (Fsp3) is 0.367. The summed E-state index contributed by atoms with van der Waals surface area (Å²) >= 11 is 0. The highest BCUT2D eigenvalue weighted by molar-refractivity contribution is 7.90. The van der Waals surface area contributed by atoms with E-state index in [4.69, 9.17) is 0 Å². The molecule has 1 aliphatic carbocycles. The maximum Gasteiger partial charge on any atom is 0.175 e. The number of allylic oxidation sites excluding steroid dienone is 3. The summed E-state index contributed by atoms with van der Waals surface area (Å²) in [6, 6.07) is 11.0. The molecular formula is C30H33FN4O2S. The molecule has 198 valence electrons. The van der Waals surface area contributed by atoms with Crippen LogP contribution in [-0.2, 0) is 16.9 Å². The van der Waals surface area contributed by atoms with Crippen LogP contribution in [0.2, 0.25) is 0 Å². The summed E-state index contributed by atoms with van der Waals surface area (Å²) in [5.74, 6) is 0.560. The highest BCUT2D eigenvalue weighted by Gasteiger charge is 2.27. The van der Waals surface area contributed by atoms with Crippen molar-refractivity contribution in [2.24, 2.45) is 7.05 Å². The molecule has 0 atom stereocenters. The molecule has 2 aliphatic heterocycles. The summed E-state index contributed by atoms with van der Waals surface area (Å²) in [5.41, 5.74) is 3.81. The molecular weight excluding hydrogens is 499 g/mol. The van der Waals surface area contributed by atoms with Crippen LogP contribution in [0.25, 0.3) is 22.4 Å². The molecule has 0 N–H and O–H groups in total. The summed E-state index contributed by atoms with van der Waals surface area (Å²) in [6.07, 6.45) is 17.7. The van der Waals surface area contributed by atoms with E-state index in [9.17, 15) is 8.42 Å². The van der Waals surface area contributed by atoms with E-state index in [-0.39, 0.29) is 16.6 Å².